The van der Waals surface area contributed by atoms with E-state index in [1.807, 2.05) is 30.8 Å². The Morgan fingerprint density at radius 3 is 3.07 bits per heavy atom. The van der Waals surface area contributed by atoms with Gasteiger partial charge in [0.1, 0.15) is 17.9 Å². The summed E-state index contributed by atoms with van der Waals surface area (Å²) in [6.07, 6.45) is 8.44. The fourth-order valence-electron chi connectivity index (χ4n) is 4.56. The summed E-state index contributed by atoms with van der Waals surface area (Å²) in [5, 5.41) is 9.70. The van der Waals surface area contributed by atoms with Gasteiger partial charge in [-0.2, -0.15) is 0 Å². The van der Waals surface area contributed by atoms with Gasteiger partial charge >= 0.3 is 0 Å². The first-order valence-electron chi connectivity index (χ1n) is 9.77. The molecule has 28 heavy (non-hydrogen) atoms. The lowest BCUT2D eigenvalue weighted by Crippen LogP contribution is -2.45. The second-order valence-electron chi connectivity index (χ2n) is 7.93. The quantitative estimate of drug-likeness (QED) is 0.671. The van der Waals surface area contributed by atoms with E-state index in [1.165, 1.54) is 42.3 Å². The van der Waals surface area contributed by atoms with Crippen molar-refractivity contribution in [1.82, 2.24) is 29.6 Å². The number of hydrogen-bond acceptors (Lipinski definition) is 7. The van der Waals surface area contributed by atoms with Crippen LogP contribution in [0.4, 0.5) is 0 Å². The summed E-state index contributed by atoms with van der Waals surface area (Å²) in [6, 6.07) is 4.10. The molecule has 7 nitrogen and oxygen atoms in total. The van der Waals surface area contributed by atoms with Gasteiger partial charge in [-0.15, -0.1) is 10.2 Å². The average Bonchev–Trinajstić information content (AvgIpc) is 3.38. The number of hydrogen-bond donors (Lipinski definition) is 0. The number of fused-ring (bicyclic) bond motifs is 2. The van der Waals surface area contributed by atoms with E-state index < -0.39 is 0 Å². The number of furan rings is 1. The second kappa shape index (κ2) is 7.00. The third kappa shape index (κ3) is 3.24. The van der Waals surface area contributed by atoms with Crippen LogP contribution in [-0.4, -0.2) is 42.7 Å². The van der Waals surface area contributed by atoms with Crippen LogP contribution in [0.5, 0.6) is 0 Å². The zero-order valence-electron chi connectivity index (χ0n) is 16.3. The van der Waals surface area contributed by atoms with Crippen LogP contribution in [0.2, 0.25) is 0 Å². The van der Waals surface area contributed by atoms with Gasteiger partial charge in [0.15, 0.2) is 10.2 Å². The maximum Gasteiger partial charge on any atom is 0.198 e. The third-order valence-corrected chi connectivity index (χ3v) is 6.87. The molecule has 0 amide bonds. The van der Waals surface area contributed by atoms with Crippen molar-refractivity contribution >= 4 is 11.8 Å². The van der Waals surface area contributed by atoms with E-state index in [4.69, 9.17) is 9.40 Å². The normalized spacial score (nSPS) is 22.1. The van der Waals surface area contributed by atoms with Crippen LogP contribution >= 0.6 is 11.8 Å². The molecule has 1 saturated heterocycles. The van der Waals surface area contributed by atoms with Crippen LogP contribution in [0.3, 0.4) is 0 Å². The van der Waals surface area contributed by atoms with E-state index in [-0.39, 0.29) is 5.41 Å². The molecule has 4 heterocycles. The van der Waals surface area contributed by atoms with Gasteiger partial charge in [0.25, 0.3) is 0 Å². The third-order valence-electron chi connectivity index (χ3n) is 5.89. The first-order chi connectivity index (χ1) is 13.6. The van der Waals surface area contributed by atoms with E-state index >= 15 is 0 Å². The summed E-state index contributed by atoms with van der Waals surface area (Å²) < 4.78 is 7.96. The Morgan fingerprint density at radius 1 is 1.29 bits per heavy atom. The highest BCUT2D eigenvalue weighted by Gasteiger charge is 2.43. The molecule has 1 spiro atoms. The van der Waals surface area contributed by atoms with Crippen molar-refractivity contribution in [1.29, 1.82) is 0 Å². The summed E-state index contributed by atoms with van der Waals surface area (Å²) >= 11 is 1.50. The number of rotatable bonds is 4. The number of aromatic nitrogens is 5. The molecule has 2 aliphatic rings. The van der Waals surface area contributed by atoms with Crippen molar-refractivity contribution < 1.29 is 4.42 Å². The molecule has 1 fully saturated rings. The van der Waals surface area contributed by atoms with E-state index in [2.05, 4.69) is 26.1 Å². The topological polar surface area (TPSA) is 72.9 Å². The molecule has 1 atom stereocenters. The number of piperidine rings is 1. The number of aryl methyl sites for hydroxylation is 3. The lowest BCUT2D eigenvalue weighted by molar-refractivity contribution is 0.127. The highest BCUT2D eigenvalue weighted by atomic mass is 32.2. The SMILES string of the molecule is Cc1ncc2c(n1)C1(CCCN(Cc3ccc(Sc4nncn4C)o3)C1)CC2. The molecule has 0 radical (unpaired) electrons. The summed E-state index contributed by atoms with van der Waals surface area (Å²) in [4.78, 5) is 11.8. The predicted molar refractivity (Wildman–Crippen MR) is 105 cm³/mol. The minimum Gasteiger partial charge on any atom is -0.453 e. The molecule has 3 aromatic rings. The first-order valence-corrected chi connectivity index (χ1v) is 10.6. The van der Waals surface area contributed by atoms with Crippen molar-refractivity contribution in [3.63, 3.8) is 0 Å². The summed E-state index contributed by atoms with van der Waals surface area (Å²) in [6.45, 7) is 4.98. The predicted octanol–water partition coefficient (Wildman–Crippen LogP) is 3.14. The zero-order chi connectivity index (χ0) is 19.1. The Kier molecular flexibility index (Phi) is 4.47. The Bertz CT molecular complexity index is 994. The summed E-state index contributed by atoms with van der Waals surface area (Å²) in [5.74, 6) is 1.88. The van der Waals surface area contributed by atoms with Crippen LogP contribution in [0.25, 0.3) is 0 Å². The Labute approximate surface area is 168 Å². The molecule has 0 N–H and O–H groups in total. The van der Waals surface area contributed by atoms with Crippen molar-refractivity contribution in [2.75, 3.05) is 13.1 Å². The average molecular weight is 397 g/mol. The van der Waals surface area contributed by atoms with Crippen molar-refractivity contribution in [3.05, 3.63) is 47.5 Å². The van der Waals surface area contributed by atoms with Crippen LogP contribution in [0.1, 0.15) is 42.1 Å². The van der Waals surface area contributed by atoms with E-state index in [1.54, 1.807) is 6.33 Å². The van der Waals surface area contributed by atoms with Crippen molar-refractivity contribution in [2.24, 2.45) is 7.05 Å². The van der Waals surface area contributed by atoms with Gasteiger partial charge in [0.05, 0.1) is 12.2 Å². The largest absolute Gasteiger partial charge is 0.453 e. The maximum absolute atomic E-state index is 6.07. The van der Waals surface area contributed by atoms with Crippen molar-refractivity contribution in [2.45, 2.75) is 54.8 Å². The van der Waals surface area contributed by atoms with Crippen LogP contribution in [-0.2, 0) is 25.4 Å². The molecule has 3 aromatic heterocycles. The van der Waals surface area contributed by atoms with Gasteiger partial charge in [-0.1, -0.05) is 0 Å². The first kappa shape index (κ1) is 17.9. The molecule has 1 aliphatic heterocycles. The fourth-order valence-corrected chi connectivity index (χ4v) is 5.31. The minimum absolute atomic E-state index is 0.185. The Balaban J connectivity index is 1.30. The molecule has 0 aromatic carbocycles. The monoisotopic (exact) mass is 396 g/mol. The van der Waals surface area contributed by atoms with Gasteiger partial charge in [0.2, 0.25) is 0 Å². The number of nitrogens with zero attached hydrogens (tertiary/aromatic N) is 6. The van der Waals surface area contributed by atoms with Crippen LogP contribution in [0.15, 0.2) is 39.3 Å². The summed E-state index contributed by atoms with van der Waals surface area (Å²) in [7, 11) is 1.93. The van der Waals surface area contributed by atoms with E-state index in [0.717, 1.165) is 47.9 Å². The molecule has 1 aliphatic carbocycles. The van der Waals surface area contributed by atoms with Crippen LogP contribution < -0.4 is 0 Å². The van der Waals surface area contributed by atoms with Crippen molar-refractivity contribution in [3.8, 4) is 0 Å². The zero-order valence-corrected chi connectivity index (χ0v) is 17.1. The highest BCUT2D eigenvalue weighted by Crippen LogP contribution is 2.44. The van der Waals surface area contributed by atoms with Gasteiger partial charge in [-0.25, -0.2) is 9.97 Å². The molecule has 0 saturated carbocycles. The lowest BCUT2D eigenvalue weighted by Gasteiger charge is -2.40. The maximum atomic E-state index is 6.07. The fraction of sp³-hybridized carbons (Fsp3) is 0.500. The molecule has 146 valence electrons. The molecular weight excluding hydrogens is 372 g/mol. The summed E-state index contributed by atoms with van der Waals surface area (Å²) in [5.41, 5.74) is 2.82. The Hall–Kier alpha value is -2.19. The van der Waals surface area contributed by atoms with E-state index in [0.29, 0.717) is 0 Å². The van der Waals surface area contributed by atoms with Gasteiger partial charge in [-0.3, -0.25) is 4.90 Å². The molecule has 1 unspecified atom stereocenters. The smallest absolute Gasteiger partial charge is 0.198 e. The van der Waals surface area contributed by atoms with Gasteiger partial charge < -0.3 is 8.98 Å². The molecule has 8 heteroatoms. The molecular formula is C20H24N6OS. The molecule has 0 bridgehead atoms. The molecule has 5 rings (SSSR count). The second-order valence-corrected chi connectivity index (χ2v) is 8.90. The minimum atomic E-state index is 0.185. The van der Waals surface area contributed by atoms with Gasteiger partial charge in [0, 0.05) is 25.2 Å². The van der Waals surface area contributed by atoms with Crippen LogP contribution in [0, 0.1) is 6.92 Å². The van der Waals surface area contributed by atoms with E-state index in [9.17, 15) is 0 Å². The number of likely N-dealkylation sites (tertiary alicyclic amines) is 1. The highest BCUT2D eigenvalue weighted by molar-refractivity contribution is 7.99. The Morgan fingerprint density at radius 2 is 2.21 bits per heavy atom. The lowest BCUT2D eigenvalue weighted by atomic mass is 9.77. The van der Waals surface area contributed by atoms with Gasteiger partial charge in [-0.05, 0) is 68.6 Å². The standard InChI is InChI=1S/C20H24N6OS/c1-14-21-10-15-6-8-20(18(15)23-14)7-3-9-26(12-20)11-16-4-5-17(27-16)28-19-24-22-13-25(19)2/h4-5,10,13H,3,6-9,11-12H2,1-2H3.